The second kappa shape index (κ2) is 8.58. The minimum atomic E-state index is -1.35. The van der Waals surface area contributed by atoms with Crippen LogP contribution in [0.25, 0.3) is 0 Å². The summed E-state index contributed by atoms with van der Waals surface area (Å²) in [5.74, 6) is -0.815. The number of nitrogens with one attached hydrogen (secondary N) is 1. The highest BCUT2D eigenvalue weighted by atomic mass is 16.6. The number of hydrogen-bond donors (Lipinski definition) is 3. The summed E-state index contributed by atoms with van der Waals surface area (Å²) in [6.45, 7) is 7.71. The van der Waals surface area contributed by atoms with Gasteiger partial charge in [-0.3, -0.25) is 14.5 Å². The molecule has 3 heterocycles. The van der Waals surface area contributed by atoms with Crippen LogP contribution in [0.1, 0.15) is 64.0 Å². The van der Waals surface area contributed by atoms with Crippen LogP contribution in [0.4, 0.5) is 4.79 Å². The molecule has 1 aromatic carbocycles. The first-order valence-corrected chi connectivity index (χ1v) is 14.7. The molecule has 3 N–H and O–H groups in total. The summed E-state index contributed by atoms with van der Waals surface area (Å²) in [7, 11) is 0. The summed E-state index contributed by atoms with van der Waals surface area (Å²) in [6.07, 6.45) is 2.55. The monoisotopic (exact) mass is 553 g/mol. The molecule has 1 unspecified atom stereocenters. The number of rotatable bonds is 4. The fraction of sp³-hybridized carbons (Fsp3) is 0.700. The number of hydrogen-bond acceptors (Lipinski definition) is 8. The van der Waals surface area contributed by atoms with Gasteiger partial charge in [0, 0.05) is 31.2 Å². The van der Waals surface area contributed by atoms with E-state index in [9.17, 15) is 24.6 Å². The molecule has 3 aliphatic carbocycles. The summed E-state index contributed by atoms with van der Waals surface area (Å²) in [4.78, 5) is 44.3. The third kappa shape index (κ3) is 3.71. The largest absolute Gasteiger partial charge is 0.504 e. The Kier molecular flexibility index (Phi) is 5.59. The lowest BCUT2D eigenvalue weighted by atomic mass is 9.47. The maximum Gasteiger partial charge on any atom is 0.407 e. The molecule has 10 heteroatoms. The molecule has 3 aliphatic heterocycles. The van der Waals surface area contributed by atoms with Crippen LogP contribution in [-0.2, 0) is 26.2 Å². The maximum absolute atomic E-state index is 14.1. The van der Waals surface area contributed by atoms with Crippen LogP contribution in [0.5, 0.6) is 11.5 Å². The fourth-order valence-electron chi connectivity index (χ4n) is 8.28. The number of nitrogens with zero attached hydrogens (tertiary/aromatic N) is 2. The molecule has 7 rings (SSSR count). The number of ketones is 1. The summed E-state index contributed by atoms with van der Waals surface area (Å²) in [5, 5.41) is 26.3. The first kappa shape index (κ1) is 26.1. The predicted octanol–water partition coefficient (Wildman–Crippen LogP) is 1.88. The van der Waals surface area contributed by atoms with Gasteiger partial charge in [0.1, 0.15) is 11.5 Å². The van der Waals surface area contributed by atoms with Crippen LogP contribution in [0.3, 0.4) is 0 Å². The first-order valence-electron chi connectivity index (χ1n) is 14.7. The molecule has 2 saturated heterocycles. The van der Waals surface area contributed by atoms with Crippen molar-refractivity contribution in [3.8, 4) is 11.5 Å². The molecule has 2 amide bonds. The summed E-state index contributed by atoms with van der Waals surface area (Å²) >= 11 is 0. The number of Topliss-reactive ketones (excluding diaryl/α,β-unsaturated/α-hetero) is 1. The van der Waals surface area contributed by atoms with Gasteiger partial charge >= 0.3 is 6.09 Å². The van der Waals surface area contributed by atoms with Gasteiger partial charge in [0.15, 0.2) is 23.4 Å². The van der Waals surface area contributed by atoms with Crippen LogP contribution >= 0.6 is 0 Å². The first-order chi connectivity index (χ1) is 18.9. The molecular formula is C30H39N3O7. The molecule has 216 valence electrons. The van der Waals surface area contributed by atoms with Crippen molar-refractivity contribution in [3.63, 3.8) is 0 Å². The number of ether oxygens (including phenoxy) is 2. The van der Waals surface area contributed by atoms with Crippen LogP contribution in [0, 0.1) is 11.8 Å². The Morgan fingerprint density at radius 1 is 1.20 bits per heavy atom. The van der Waals surface area contributed by atoms with Gasteiger partial charge in [-0.25, -0.2) is 4.79 Å². The van der Waals surface area contributed by atoms with E-state index >= 15 is 0 Å². The molecule has 2 bridgehead atoms. The Labute approximate surface area is 234 Å². The van der Waals surface area contributed by atoms with Crippen LogP contribution < -0.4 is 10.1 Å². The van der Waals surface area contributed by atoms with Crippen molar-refractivity contribution in [3.05, 3.63) is 23.3 Å². The number of benzene rings is 1. The number of aromatic hydroxyl groups is 1. The SMILES string of the molecule is CC(C)(C)OC(=O)N[C@@H]1CCN(C(=O)C2C[C@@]3(O)[C@H]4Cc5ccc(O)c6c5[C@@]3(CCN4CC3CC3)[C@@H](O6)C2=O)C1. The van der Waals surface area contributed by atoms with E-state index in [1.54, 1.807) is 31.7 Å². The highest BCUT2D eigenvalue weighted by Gasteiger charge is 2.75. The van der Waals surface area contributed by atoms with Gasteiger partial charge in [-0.2, -0.15) is 0 Å². The molecule has 40 heavy (non-hydrogen) atoms. The highest BCUT2D eigenvalue weighted by molar-refractivity contribution is 6.06. The van der Waals surface area contributed by atoms with Gasteiger partial charge in [-0.15, -0.1) is 0 Å². The van der Waals surface area contributed by atoms with Gasteiger partial charge in [0.25, 0.3) is 0 Å². The molecule has 4 fully saturated rings. The standard InChI is InChI=1S/C30H39N3O7/c1-28(2,3)40-27(37)31-18-8-10-33(15-18)26(36)19-13-30(38)21-12-17-6-7-20(34)24-22(17)29(30,25(39-24)23(19)35)9-11-32(21)14-16-4-5-16/h6-7,16,18-19,21,25,34,38H,4-5,8-15H2,1-3H3,(H,31,37)/t18-,19?,21-,25+,29+,30-/m1/s1. The maximum atomic E-state index is 14.1. The second-order valence-electron chi connectivity index (χ2n) is 13.8. The van der Waals surface area contributed by atoms with E-state index in [0.29, 0.717) is 37.5 Å². The zero-order valence-corrected chi connectivity index (χ0v) is 23.4. The van der Waals surface area contributed by atoms with Gasteiger partial charge in [0.2, 0.25) is 5.91 Å². The third-order valence-electron chi connectivity index (χ3n) is 10.1. The zero-order chi connectivity index (χ0) is 28.2. The number of carbonyl (C=O) groups is 3. The van der Waals surface area contributed by atoms with Crippen molar-refractivity contribution in [2.24, 2.45) is 11.8 Å². The number of phenols is 1. The molecular weight excluding hydrogens is 514 g/mol. The summed E-state index contributed by atoms with van der Waals surface area (Å²) < 4.78 is 11.6. The lowest BCUT2D eigenvalue weighted by Crippen LogP contribution is -2.78. The predicted molar refractivity (Wildman–Crippen MR) is 143 cm³/mol. The van der Waals surface area contributed by atoms with Crippen molar-refractivity contribution >= 4 is 17.8 Å². The van der Waals surface area contributed by atoms with Gasteiger partial charge in [-0.1, -0.05) is 6.07 Å². The number of amides is 2. The molecule has 2 saturated carbocycles. The highest BCUT2D eigenvalue weighted by Crippen LogP contribution is 2.65. The van der Waals surface area contributed by atoms with Crippen LogP contribution in [0.2, 0.25) is 0 Å². The molecule has 6 aliphatic rings. The van der Waals surface area contributed by atoms with Crippen LogP contribution in [-0.4, -0.2) is 93.4 Å². The Balaban J connectivity index is 1.18. The lowest BCUT2D eigenvalue weighted by Gasteiger charge is -2.63. The minimum Gasteiger partial charge on any atom is -0.504 e. The average molecular weight is 554 g/mol. The van der Waals surface area contributed by atoms with Crippen molar-refractivity contribution in [2.75, 3.05) is 26.2 Å². The third-order valence-corrected chi connectivity index (χ3v) is 10.1. The Morgan fingerprint density at radius 3 is 2.70 bits per heavy atom. The number of likely N-dealkylation sites (tertiary alicyclic amines) is 2. The molecule has 0 aromatic heterocycles. The number of phenolic OH excluding ortho intramolecular Hbond substituents is 1. The van der Waals surface area contributed by atoms with Crippen molar-refractivity contribution in [2.45, 2.75) is 94.1 Å². The van der Waals surface area contributed by atoms with E-state index in [1.807, 2.05) is 6.07 Å². The van der Waals surface area contributed by atoms with E-state index in [4.69, 9.17) is 9.47 Å². The summed E-state index contributed by atoms with van der Waals surface area (Å²) in [5.41, 5.74) is -1.17. The molecule has 1 aromatic rings. The van der Waals surface area contributed by atoms with E-state index in [2.05, 4.69) is 10.2 Å². The van der Waals surface area contributed by atoms with E-state index < -0.39 is 34.7 Å². The number of aliphatic hydroxyl groups is 1. The Morgan fingerprint density at radius 2 is 1.98 bits per heavy atom. The second-order valence-corrected chi connectivity index (χ2v) is 13.8. The summed E-state index contributed by atoms with van der Waals surface area (Å²) in [6, 6.07) is 3.00. The van der Waals surface area contributed by atoms with Crippen LogP contribution in [0.15, 0.2) is 12.1 Å². The van der Waals surface area contributed by atoms with Gasteiger partial charge in [-0.05, 0) is 83.4 Å². The minimum absolute atomic E-state index is 0.0324. The van der Waals surface area contributed by atoms with Crippen molar-refractivity contribution < 1.29 is 34.1 Å². The molecule has 6 atom stereocenters. The number of piperidine rings is 1. The van der Waals surface area contributed by atoms with Gasteiger partial charge in [0.05, 0.1) is 17.1 Å². The lowest BCUT2D eigenvalue weighted by molar-refractivity contribution is -0.200. The Hall–Kier alpha value is -2.85. The number of alkyl carbamates (subject to hydrolysis) is 1. The van der Waals surface area contributed by atoms with Crippen molar-refractivity contribution in [1.82, 2.24) is 15.1 Å². The molecule has 0 radical (unpaired) electrons. The molecule has 1 spiro atoms. The number of carbonyl (C=O) groups excluding carboxylic acids is 3. The zero-order valence-electron chi connectivity index (χ0n) is 23.4. The quantitative estimate of drug-likeness (QED) is 0.482. The smallest absolute Gasteiger partial charge is 0.407 e. The van der Waals surface area contributed by atoms with Gasteiger partial charge < -0.3 is 29.9 Å². The fourth-order valence-corrected chi connectivity index (χ4v) is 8.28. The van der Waals surface area contributed by atoms with Crippen molar-refractivity contribution in [1.29, 1.82) is 0 Å². The normalized spacial score (nSPS) is 36.2. The topological polar surface area (TPSA) is 129 Å². The van der Waals surface area contributed by atoms with E-state index in [1.165, 1.54) is 12.8 Å². The van der Waals surface area contributed by atoms with E-state index in [0.717, 1.165) is 24.2 Å². The average Bonchev–Trinajstić information content (AvgIpc) is 3.44. The van der Waals surface area contributed by atoms with E-state index in [-0.39, 0.29) is 42.5 Å². The Bertz CT molecular complexity index is 1290. The molecule has 10 nitrogen and oxygen atoms in total.